The topological polar surface area (TPSA) is 110 Å². The van der Waals surface area contributed by atoms with Crippen molar-refractivity contribution in [2.24, 2.45) is 7.05 Å². The van der Waals surface area contributed by atoms with E-state index < -0.39 is 23.1 Å². The number of thiazole rings is 1. The molecular formula is C21H25F2N7O2S. The Morgan fingerprint density at radius 1 is 1.36 bits per heavy atom. The fraction of sp³-hybridized carbons (Fsp3) is 0.381. The number of amides is 1. The number of methoxy groups -OCH3 is 1. The maximum absolute atomic E-state index is 14.2. The number of nitrogens with zero attached hydrogens (tertiary/aromatic N) is 4. The molecule has 176 valence electrons. The lowest BCUT2D eigenvalue weighted by Gasteiger charge is -2.32. The molecule has 4 rings (SSSR count). The van der Waals surface area contributed by atoms with Crippen LogP contribution in [0.15, 0.2) is 24.4 Å². The minimum Gasteiger partial charge on any atom is -0.389 e. The first-order chi connectivity index (χ1) is 15.7. The average Bonchev–Trinajstić information content (AvgIpc) is 3.25. The number of halogens is 2. The largest absolute Gasteiger partial charge is 0.389 e. The Bertz CT molecular complexity index is 1160. The monoisotopic (exact) mass is 477 g/mol. The van der Waals surface area contributed by atoms with Crippen molar-refractivity contribution in [2.45, 2.75) is 12.5 Å². The molecule has 1 atom stereocenters. The van der Waals surface area contributed by atoms with E-state index in [1.54, 1.807) is 18.8 Å². The molecule has 9 nitrogen and oxygen atoms in total. The first-order valence-electron chi connectivity index (χ1n) is 10.3. The van der Waals surface area contributed by atoms with Crippen LogP contribution in [-0.2, 0) is 11.8 Å². The van der Waals surface area contributed by atoms with Crippen LogP contribution in [-0.4, -0.2) is 59.6 Å². The lowest BCUT2D eigenvalue weighted by Crippen LogP contribution is -2.45. The Balaban J connectivity index is 1.61. The number of carbonyl (C=O) groups excluding carboxylic acids is 1. The summed E-state index contributed by atoms with van der Waals surface area (Å²) in [5.41, 5.74) is 5.61. The van der Waals surface area contributed by atoms with Gasteiger partial charge in [-0.25, -0.2) is 13.8 Å². The summed E-state index contributed by atoms with van der Waals surface area (Å²) in [4.78, 5) is 19.2. The number of anilines is 3. The van der Waals surface area contributed by atoms with E-state index in [-0.39, 0.29) is 21.3 Å². The Labute approximate surface area is 193 Å². The third-order valence-electron chi connectivity index (χ3n) is 5.58. The number of aromatic nitrogens is 3. The quantitative estimate of drug-likeness (QED) is 0.518. The normalized spacial score (nSPS) is 18.9. The highest BCUT2D eigenvalue weighted by atomic mass is 32.1. The van der Waals surface area contributed by atoms with Crippen molar-refractivity contribution in [2.75, 3.05) is 49.2 Å². The number of nitrogens with one attached hydrogen (secondary N) is 2. The number of hydrogen-bond donors (Lipinski definition) is 3. The number of nitrogen functional groups attached to an aromatic ring is 1. The van der Waals surface area contributed by atoms with E-state index in [0.717, 1.165) is 30.0 Å². The van der Waals surface area contributed by atoms with Crippen LogP contribution in [0.2, 0.25) is 0 Å². The molecule has 1 fully saturated rings. The molecule has 4 N–H and O–H groups in total. The molecule has 0 aliphatic carbocycles. The standard InChI is InChI=1S/C21H25F2N7O2S/c1-21(32-3)10-25-7-8-30(11-21)20-14(9-26-29(20)2)27-18(31)16-17(24)33-19(28-16)15-12(22)5-4-6-13(15)23/h4-6,9,25H,7-8,10-11,24H2,1-3H3,(H,27,31). The van der Waals surface area contributed by atoms with E-state index in [9.17, 15) is 13.6 Å². The number of nitrogens with two attached hydrogens (primary N) is 1. The number of rotatable bonds is 5. The van der Waals surface area contributed by atoms with Gasteiger partial charge < -0.3 is 26.0 Å². The van der Waals surface area contributed by atoms with Crippen molar-refractivity contribution in [1.82, 2.24) is 20.1 Å². The van der Waals surface area contributed by atoms with Crippen LogP contribution in [0.1, 0.15) is 17.4 Å². The number of carbonyl (C=O) groups is 1. The molecule has 3 heterocycles. The van der Waals surface area contributed by atoms with Crippen molar-refractivity contribution < 1.29 is 18.3 Å². The summed E-state index contributed by atoms with van der Waals surface area (Å²) in [6.07, 6.45) is 1.54. The summed E-state index contributed by atoms with van der Waals surface area (Å²) in [5.74, 6) is -1.45. The van der Waals surface area contributed by atoms with Crippen LogP contribution >= 0.6 is 11.3 Å². The van der Waals surface area contributed by atoms with Crippen LogP contribution in [0, 0.1) is 11.6 Å². The van der Waals surface area contributed by atoms with Gasteiger partial charge in [0, 0.05) is 40.3 Å². The highest BCUT2D eigenvalue weighted by Crippen LogP contribution is 2.34. The molecule has 2 aromatic heterocycles. The van der Waals surface area contributed by atoms with Crippen LogP contribution in [0.3, 0.4) is 0 Å². The van der Waals surface area contributed by atoms with Gasteiger partial charge in [-0.3, -0.25) is 9.48 Å². The van der Waals surface area contributed by atoms with Gasteiger partial charge in [-0.05, 0) is 19.1 Å². The van der Waals surface area contributed by atoms with Crippen LogP contribution < -0.4 is 21.3 Å². The zero-order valence-electron chi connectivity index (χ0n) is 18.5. The lowest BCUT2D eigenvalue weighted by atomic mass is 10.1. The van der Waals surface area contributed by atoms with Crippen molar-refractivity contribution in [3.63, 3.8) is 0 Å². The van der Waals surface area contributed by atoms with Gasteiger partial charge in [-0.2, -0.15) is 5.10 Å². The predicted molar refractivity (Wildman–Crippen MR) is 124 cm³/mol. The van der Waals surface area contributed by atoms with Crippen LogP contribution in [0.4, 0.5) is 25.3 Å². The van der Waals surface area contributed by atoms with E-state index in [1.807, 2.05) is 6.92 Å². The molecule has 1 aromatic carbocycles. The summed E-state index contributed by atoms with van der Waals surface area (Å²) < 4.78 is 35.7. The zero-order chi connectivity index (χ0) is 23.8. The fourth-order valence-corrected chi connectivity index (χ4v) is 4.68. The molecule has 1 aliphatic rings. The summed E-state index contributed by atoms with van der Waals surface area (Å²) in [6, 6.07) is 3.51. The first-order valence-corrected chi connectivity index (χ1v) is 11.1. The van der Waals surface area contributed by atoms with Gasteiger partial charge in [0.05, 0.1) is 17.4 Å². The Morgan fingerprint density at radius 3 is 2.79 bits per heavy atom. The smallest absolute Gasteiger partial charge is 0.277 e. The second kappa shape index (κ2) is 9.04. The van der Waals surface area contributed by atoms with Crippen molar-refractivity contribution >= 4 is 33.8 Å². The molecule has 1 amide bonds. The van der Waals surface area contributed by atoms with Gasteiger partial charge in [-0.15, -0.1) is 0 Å². The van der Waals surface area contributed by atoms with E-state index in [0.29, 0.717) is 31.1 Å². The van der Waals surface area contributed by atoms with Gasteiger partial charge in [0.15, 0.2) is 11.5 Å². The minimum absolute atomic E-state index is 0.00545. The molecule has 12 heteroatoms. The third kappa shape index (κ3) is 4.54. The molecule has 0 spiro atoms. The van der Waals surface area contributed by atoms with E-state index in [4.69, 9.17) is 10.5 Å². The van der Waals surface area contributed by atoms with Crippen molar-refractivity contribution in [3.8, 4) is 10.6 Å². The number of aryl methyl sites for hydroxylation is 1. The summed E-state index contributed by atoms with van der Waals surface area (Å²) >= 11 is 0.847. The highest BCUT2D eigenvalue weighted by Gasteiger charge is 2.32. The summed E-state index contributed by atoms with van der Waals surface area (Å²) in [5, 5.41) is 10.5. The average molecular weight is 478 g/mol. The molecule has 33 heavy (non-hydrogen) atoms. The van der Waals surface area contributed by atoms with Gasteiger partial charge in [0.25, 0.3) is 5.91 Å². The molecule has 1 unspecified atom stereocenters. The lowest BCUT2D eigenvalue weighted by molar-refractivity contribution is 0.0176. The van der Waals surface area contributed by atoms with Crippen molar-refractivity contribution in [1.29, 1.82) is 0 Å². The number of benzene rings is 1. The highest BCUT2D eigenvalue weighted by molar-refractivity contribution is 7.19. The van der Waals surface area contributed by atoms with E-state index in [1.165, 1.54) is 12.3 Å². The van der Waals surface area contributed by atoms with Gasteiger partial charge >= 0.3 is 0 Å². The van der Waals surface area contributed by atoms with E-state index >= 15 is 0 Å². The van der Waals surface area contributed by atoms with Crippen molar-refractivity contribution in [3.05, 3.63) is 41.7 Å². The number of ether oxygens (including phenoxy) is 1. The van der Waals surface area contributed by atoms with E-state index in [2.05, 4.69) is 25.6 Å². The molecule has 0 bridgehead atoms. The number of hydrogen-bond acceptors (Lipinski definition) is 8. The SMILES string of the molecule is COC1(C)CNCCN(c2c(NC(=O)c3nc(-c4c(F)cccc4F)sc3N)cnn2C)C1. The van der Waals surface area contributed by atoms with Gasteiger partial charge in [0.2, 0.25) is 0 Å². The molecule has 1 aliphatic heterocycles. The van der Waals surface area contributed by atoms with Crippen LogP contribution in [0.25, 0.3) is 10.6 Å². The Morgan fingerprint density at radius 2 is 2.09 bits per heavy atom. The molecule has 0 radical (unpaired) electrons. The third-order valence-corrected chi connectivity index (χ3v) is 6.48. The summed E-state index contributed by atoms with van der Waals surface area (Å²) in [6.45, 7) is 4.68. The predicted octanol–water partition coefficient (Wildman–Crippen LogP) is 2.47. The second-order valence-electron chi connectivity index (χ2n) is 8.04. The molecular weight excluding hydrogens is 452 g/mol. The second-order valence-corrected chi connectivity index (χ2v) is 9.07. The fourth-order valence-electron chi connectivity index (χ4n) is 3.80. The molecule has 1 saturated heterocycles. The maximum Gasteiger partial charge on any atom is 0.277 e. The molecule has 3 aromatic rings. The minimum atomic E-state index is -0.777. The van der Waals surface area contributed by atoms with Crippen LogP contribution in [0.5, 0.6) is 0 Å². The van der Waals surface area contributed by atoms with Gasteiger partial charge in [0.1, 0.15) is 27.3 Å². The van der Waals surface area contributed by atoms with Gasteiger partial charge in [-0.1, -0.05) is 17.4 Å². The summed E-state index contributed by atoms with van der Waals surface area (Å²) in [7, 11) is 3.45. The molecule has 0 saturated carbocycles. The first kappa shape index (κ1) is 23.1. The Kier molecular flexibility index (Phi) is 6.32. The zero-order valence-corrected chi connectivity index (χ0v) is 19.3. The maximum atomic E-state index is 14.2. The Hall–Kier alpha value is -3.09.